The predicted octanol–water partition coefficient (Wildman–Crippen LogP) is 5.01. The second-order valence-electron chi connectivity index (χ2n) is 11.4. The van der Waals surface area contributed by atoms with Crippen molar-refractivity contribution in [2.45, 2.75) is 90.9 Å². The molecule has 5 nitrogen and oxygen atoms in total. The molecule has 0 aromatic carbocycles. The van der Waals surface area contributed by atoms with Gasteiger partial charge in [0.1, 0.15) is 12.1 Å². The van der Waals surface area contributed by atoms with Crippen LogP contribution in [-0.2, 0) is 20.7 Å². The lowest BCUT2D eigenvalue weighted by Gasteiger charge is -2.59. The van der Waals surface area contributed by atoms with Gasteiger partial charge in [-0.25, -0.2) is 4.21 Å². The molecule has 0 aliphatic heterocycles. The Morgan fingerprint density at radius 3 is 2.50 bits per heavy atom. The SMILES string of the molecule is CC12CCC3C(C(=O)CC4CCCCC43C)C1CCC2CCCC=O.CNCCS(=O)O. The molecule has 0 amide bonds. The van der Waals surface area contributed by atoms with Crippen LogP contribution >= 0.6 is 0 Å². The molecule has 4 aliphatic rings. The molecule has 8 atom stereocenters. The standard InChI is InChI=1S/C23H36O2.C3H9NO2S/c1-22-12-5-3-8-17(22)15-20(25)21-18-10-9-16(7-4-6-14-24)23(18,2)13-11-19(21)22;1-4-2-3-7(5)6/h14,16-19,21H,3-13,15H2,1-2H3;4H,2-3H2,1H3,(H,5,6). The lowest BCUT2D eigenvalue weighted by atomic mass is 9.44. The molecule has 8 unspecified atom stereocenters. The molecule has 0 bridgehead atoms. The van der Waals surface area contributed by atoms with Crippen molar-refractivity contribution in [3.05, 3.63) is 0 Å². The summed E-state index contributed by atoms with van der Waals surface area (Å²) < 4.78 is 17.9. The minimum atomic E-state index is -1.63. The van der Waals surface area contributed by atoms with E-state index in [1.165, 1.54) is 57.8 Å². The number of Topliss-reactive ketones (excluding diaryl/α,β-unsaturated/α-hetero) is 1. The van der Waals surface area contributed by atoms with Crippen molar-refractivity contribution in [3.8, 4) is 0 Å². The quantitative estimate of drug-likeness (QED) is 0.312. The molecule has 0 aromatic heterocycles. The van der Waals surface area contributed by atoms with Crippen molar-refractivity contribution >= 4 is 23.1 Å². The highest BCUT2D eigenvalue weighted by Gasteiger charge is 2.61. The van der Waals surface area contributed by atoms with Gasteiger partial charge in [0.05, 0.1) is 5.75 Å². The summed E-state index contributed by atoms with van der Waals surface area (Å²) in [5.41, 5.74) is 0.797. The average Bonchev–Trinajstić information content (AvgIpc) is 3.09. The van der Waals surface area contributed by atoms with Crippen molar-refractivity contribution < 1.29 is 18.4 Å². The molecule has 6 heteroatoms. The number of unbranched alkanes of at least 4 members (excludes halogenated alkanes) is 1. The van der Waals surface area contributed by atoms with Crippen LogP contribution in [0.15, 0.2) is 0 Å². The third-order valence-electron chi connectivity index (χ3n) is 9.99. The third kappa shape index (κ3) is 5.22. The number of fused-ring (bicyclic) bond motifs is 5. The van der Waals surface area contributed by atoms with E-state index in [4.69, 9.17) is 4.55 Å². The van der Waals surface area contributed by atoms with Crippen molar-refractivity contribution in [2.75, 3.05) is 19.3 Å². The molecule has 4 saturated carbocycles. The minimum absolute atomic E-state index is 0.316. The Morgan fingerprint density at radius 1 is 1.09 bits per heavy atom. The van der Waals surface area contributed by atoms with Crippen molar-refractivity contribution in [3.63, 3.8) is 0 Å². The van der Waals surface area contributed by atoms with Crippen LogP contribution < -0.4 is 5.32 Å². The van der Waals surface area contributed by atoms with Crippen LogP contribution in [-0.4, -0.2) is 40.2 Å². The van der Waals surface area contributed by atoms with E-state index in [0.29, 0.717) is 59.0 Å². The molecule has 0 radical (unpaired) electrons. The van der Waals surface area contributed by atoms with Gasteiger partial charge in [0.2, 0.25) is 0 Å². The van der Waals surface area contributed by atoms with Gasteiger partial charge in [-0.3, -0.25) is 4.79 Å². The van der Waals surface area contributed by atoms with Crippen LogP contribution in [0.2, 0.25) is 0 Å². The van der Waals surface area contributed by atoms with Crippen LogP contribution in [0.4, 0.5) is 0 Å². The predicted molar refractivity (Wildman–Crippen MR) is 130 cm³/mol. The second kappa shape index (κ2) is 11.2. The van der Waals surface area contributed by atoms with E-state index in [9.17, 15) is 13.8 Å². The van der Waals surface area contributed by atoms with Crippen molar-refractivity contribution in [1.29, 1.82) is 0 Å². The first-order valence-corrected chi connectivity index (χ1v) is 14.2. The van der Waals surface area contributed by atoms with Gasteiger partial charge in [-0.15, -0.1) is 0 Å². The first kappa shape index (κ1) is 26.0. The number of carbonyl (C=O) groups is 2. The molecular weight excluding hydrogens is 422 g/mol. The molecule has 184 valence electrons. The largest absolute Gasteiger partial charge is 0.319 e. The Labute approximate surface area is 197 Å². The number of aldehydes is 1. The van der Waals surface area contributed by atoms with Gasteiger partial charge in [0, 0.05) is 25.3 Å². The second-order valence-corrected chi connectivity index (χ2v) is 12.5. The van der Waals surface area contributed by atoms with E-state index in [1.807, 2.05) is 0 Å². The van der Waals surface area contributed by atoms with E-state index < -0.39 is 11.1 Å². The van der Waals surface area contributed by atoms with Crippen LogP contribution in [0.25, 0.3) is 0 Å². The summed E-state index contributed by atoms with van der Waals surface area (Å²) in [5.74, 6) is 3.99. The fraction of sp³-hybridized carbons (Fsp3) is 0.923. The van der Waals surface area contributed by atoms with E-state index in [2.05, 4.69) is 19.2 Å². The normalized spacial score (nSPS) is 41.5. The maximum absolute atomic E-state index is 13.2. The Morgan fingerprint density at radius 2 is 1.84 bits per heavy atom. The molecule has 0 aromatic rings. The zero-order valence-electron chi connectivity index (χ0n) is 20.4. The minimum Gasteiger partial charge on any atom is -0.319 e. The summed E-state index contributed by atoms with van der Waals surface area (Å²) in [6.45, 7) is 5.64. The van der Waals surface area contributed by atoms with Crippen LogP contribution in [0, 0.1) is 40.4 Å². The highest BCUT2D eigenvalue weighted by molar-refractivity contribution is 7.79. The van der Waals surface area contributed by atoms with Gasteiger partial charge in [0.15, 0.2) is 11.1 Å². The smallest absolute Gasteiger partial charge is 0.154 e. The monoisotopic (exact) mass is 467 g/mol. The summed E-state index contributed by atoms with van der Waals surface area (Å²) >= 11 is -1.63. The highest BCUT2D eigenvalue weighted by Crippen LogP contribution is 2.67. The number of hydrogen-bond acceptors (Lipinski definition) is 4. The van der Waals surface area contributed by atoms with Gasteiger partial charge >= 0.3 is 0 Å². The number of ketones is 1. The zero-order chi connectivity index (χ0) is 23.4. The molecular formula is C26H45NO4S. The number of carbonyl (C=O) groups excluding carboxylic acids is 2. The first-order valence-electron chi connectivity index (χ1n) is 13.0. The molecule has 0 heterocycles. The molecule has 2 N–H and O–H groups in total. The lowest BCUT2D eigenvalue weighted by molar-refractivity contribution is -0.155. The first-order chi connectivity index (χ1) is 15.3. The fourth-order valence-electron chi connectivity index (χ4n) is 8.18. The summed E-state index contributed by atoms with van der Waals surface area (Å²) in [7, 11) is 1.74. The molecule has 4 fully saturated rings. The Hall–Kier alpha value is -0.590. The summed E-state index contributed by atoms with van der Waals surface area (Å²) in [6, 6.07) is 0. The van der Waals surface area contributed by atoms with E-state index >= 15 is 0 Å². The molecule has 32 heavy (non-hydrogen) atoms. The molecule has 4 rings (SSSR count). The van der Waals surface area contributed by atoms with E-state index in [-0.39, 0.29) is 0 Å². The summed E-state index contributed by atoms with van der Waals surface area (Å²) in [4.78, 5) is 23.9. The van der Waals surface area contributed by atoms with Crippen LogP contribution in [0.1, 0.15) is 90.9 Å². The Bertz CT molecular complexity index is 685. The van der Waals surface area contributed by atoms with E-state index in [0.717, 1.165) is 25.0 Å². The Balaban J connectivity index is 0.000000360. The average molecular weight is 468 g/mol. The van der Waals surface area contributed by atoms with E-state index in [1.54, 1.807) is 7.05 Å². The summed E-state index contributed by atoms with van der Waals surface area (Å²) in [5, 5.41) is 2.75. The van der Waals surface area contributed by atoms with Crippen LogP contribution in [0.3, 0.4) is 0 Å². The molecule has 0 spiro atoms. The zero-order valence-corrected chi connectivity index (χ0v) is 21.3. The van der Waals surface area contributed by atoms with Crippen LogP contribution in [0.5, 0.6) is 0 Å². The van der Waals surface area contributed by atoms with Gasteiger partial charge in [0.25, 0.3) is 0 Å². The summed E-state index contributed by atoms with van der Waals surface area (Å²) in [6.07, 6.45) is 15.4. The maximum Gasteiger partial charge on any atom is 0.154 e. The van der Waals surface area contributed by atoms with Gasteiger partial charge in [-0.1, -0.05) is 26.7 Å². The molecule has 0 saturated heterocycles. The molecule has 4 aliphatic carbocycles. The maximum atomic E-state index is 13.2. The lowest BCUT2D eigenvalue weighted by Crippen LogP contribution is -2.56. The van der Waals surface area contributed by atoms with Crippen molar-refractivity contribution in [2.24, 2.45) is 40.4 Å². The Kier molecular flexibility index (Phi) is 9.13. The van der Waals surface area contributed by atoms with Gasteiger partial charge < -0.3 is 14.7 Å². The number of rotatable bonds is 7. The van der Waals surface area contributed by atoms with Gasteiger partial charge in [-0.05, 0) is 92.9 Å². The fourth-order valence-corrected chi connectivity index (χ4v) is 8.56. The third-order valence-corrected chi connectivity index (χ3v) is 10.5. The number of nitrogens with one attached hydrogen (secondary N) is 1. The topological polar surface area (TPSA) is 83.5 Å². The van der Waals surface area contributed by atoms with Crippen molar-refractivity contribution in [1.82, 2.24) is 5.32 Å². The number of hydrogen-bond donors (Lipinski definition) is 2. The van der Waals surface area contributed by atoms with Gasteiger partial charge in [-0.2, -0.15) is 0 Å². The highest BCUT2D eigenvalue weighted by atomic mass is 32.2.